The number of carbonyl (C=O) groups is 2. The van der Waals surface area contributed by atoms with Gasteiger partial charge in [-0.05, 0) is 49.9 Å². The zero-order valence-corrected chi connectivity index (χ0v) is 16.5. The summed E-state index contributed by atoms with van der Waals surface area (Å²) < 4.78 is 0. The molecular weight excluding hydrogens is 338 g/mol. The summed E-state index contributed by atoms with van der Waals surface area (Å²) in [5, 5.41) is 0. The van der Waals surface area contributed by atoms with Gasteiger partial charge in [0.15, 0.2) is 0 Å². The number of piperazine rings is 1. The molecule has 0 aliphatic carbocycles. The fourth-order valence-corrected chi connectivity index (χ4v) is 3.74. The van der Waals surface area contributed by atoms with Crippen LogP contribution in [-0.2, 0) is 22.4 Å². The van der Waals surface area contributed by atoms with Gasteiger partial charge in [-0.3, -0.25) is 9.59 Å². The van der Waals surface area contributed by atoms with Crippen molar-refractivity contribution in [3.8, 4) is 0 Å². The van der Waals surface area contributed by atoms with E-state index in [-0.39, 0.29) is 11.8 Å². The van der Waals surface area contributed by atoms with Crippen molar-refractivity contribution in [2.24, 2.45) is 0 Å². The summed E-state index contributed by atoms with van der Waals surface area (Å²) in [4.78, 5) is 32.1. The Labute approximate surface area is 161 Å². The Bertz CT molecular complexity index is 817. The maximum Gasteiger partial charge on any atom is 0.227 e. The normalized spacial score (nSPS) is 14.5. The van der Waals surface area contributed by atoms with Crippen molar-refractivity contribution < 1.29 is 9.59 Å². The molecule has 3 rings (SSSR count). The Morgan fingerprint density at radius 1 is 0.926 bits per heavy atom. The quantitative estimate of drug-likeness (QED) is 0.883. The minimum Gasteiger partial charge on any atom is -0.362 e. The largest absolute Gasteiger partial charge is 0.362 e. The van der Waals surface area contributed by atoms with Crippen LogP contribution in [0.2, 0.25) is 0 Å². The number of hydrogen-bond acceptors (Lipinski definition) is 2. The van der Waals surface area contributed by atoms with Gasteiger partial charge in [-0.15, -0.1) is 0 Å². The third kappa shape index (κ3) is 4.79. The van der Waals surface area contributed by atoms with Crippen LogP contribution in [0.3, 0.4) is 0 Å². The molecule has 1 N–H and O–H groups in total. The van der Waals surface area contributed by atoms with Crippen LogP contribution in [0.25, 0.3) is 0 Å². The van der Waals surface area contributed by atoms with Crippen LogP contribution in [0.15, 0.2) is 30.3 Å². The molecule has 5 heteroatoms. The average molecular weight is 367 g/mol. The van der Waals surface area contributed by atoms with Crippen molar-refractivity contribution in [1.29, 1.82) is 0 Å². The highest BCUT2D eigenvalue weighted by molar-refractivity contribution is 5.80. The molecule has 144 valence electrons. The van der Waals surface area contributed by atoms with Crippen molar-refractivity contribution >= 4 is 11.8 Å². The van der Waals surface area contributed by atoms with Gasteiger partial charge in [-0.1, -0.05) is 24.3 Å². The topological polar surface area (TPSA) is 56.4 Å². The molecular formula is C22H29N3O2. The number of carbonyl (C=O) groups excluding carboxylic acids is 2. The summed E-state index contributed by atoms with van der Waals surface area (Å²) in [6.07, 6.45) is 1.73. The lowest BCUT2D eigenvalue weighted by Gasteiger charge is -2.35. The molecule has 5 nitrogen and oxygen atoms in total. The van der Waals surface area contributed by atoms with Gasteiger partial charge in [-0.2, -0.15) is 0 Å². The highest BCUT2D eigenvalue weighted by Crippen LogP contribution is 2.14. The molecule has 0 radical (unpaired) electrons. The number of H-pyrrole nitrogens is 1. The lowest BCUT2D eigenvalue weighted by molar-refractivity contribution is -0.139. The van der Waals surface area contributed by atoms with Crippen molar-refractivity contribution in [1.82, 2.24) is 14.8 Å². The highest BCUT2D eigenvalue weighted by Gasteiger charge is 2.24. The van der Waals surface area contributed by atoms with Gasteiger partial charge in [-0.25, -0.2) is 0 Å². The van der Waals surface area contributed by atoms with E-state index in [1.54, 1.807) is 0 Å². The second-order valence-electron chi connectivity index (χ2n) is 7.47. The number of hydrogen-bond donors (Lipinski definition) is 1. The smallest absolute Gasteiger partial charge is 0.227 e. The SMILES string of the molecule is Cc1cc(CC(=O)N2CCN(C(=O)CCc3ccccc3C)CC2)c(C)[nH]1. The van der Waals surface area contributed by atoms with Gasteiger partial charge in [0, 0.05) is 44.0 Å². The molecule has 27 heavy (non-hydrogen) atoms. The second-order valence-corrected chi connectivity index (χ2v) is 7.47. The molecule has 2 heterocycles. The maximum atomic E-state index is 12.6. The van der Waals surface area contributed by atoms with Crippen LogP contribution in [-0.4, -0.2) is 52.8 Å². The van der Waals surface area contributed by atoms with E-state index < -0.39 is 0 Å². The van der Waals surface area contributed by atoms with Crippen LogP contribution < -0.4 is 0 Å². The molecule has 1 aromatic heterocycles. The summed E-state index contributed by atoms with van der Waals surface area (Å²) >= 11 is 0. The predicted molar refractivity (Wildman–Crippen MR) is 107 cm³/mol. The van der Waals surface area contributed by atoms with E-state index in [2.05, 4.69) is 24.0 Å². The molecule has 0 spiro atoms. The second kappa shape index (κ2) is 8.42. The van der Waals surface area contributed by atoms with E-state index >= 15 is 0 Å². The number of aromatic amines is 1. The molecule has 0 bridgehead atoms. The van der Waals surface area contributed by atoms with Crippen LogP contribution in [0.5, 0.6) is 0 Å². The first-order valence-corrected chi connectivity index (χ1v) is 9.69. The molecule has 1 fully saturated rings. The van der Waals surface area contributed by atoms with Gasteiger partial charge in [0.05, 0.1) is 6.42 Å². The van der Waals surface area contributed by atoms with Crippen molar-refractivity contribution in [3.63, 3.8) is 0 Å². The van der Waals surface area contributed by atoms with E-state index in [4.69, 9.17) is 0 Å². The first kappa shape index (κ1) is 19.2. The molecule has 2 aromatic rings. The van der Waals surface area contributed by atoms with Gasteiger partial charge >= 0.3 is 0 Å². The third-order valence-corrected chi connectivity index (χ3v) is 5.45. The maximum absolute atomic E-state index is 12.6. The average Bonchev–Trinajstić information content (AvgIpc) is 2.97. The van der Waals surface area contributed by atoms with Gasteiger partial charge in [0.2, 0.25) is 11.8 Å². The van der Waals surface area contributed by atoms with Gasteiger partial charge in [0.25, 0.3) is 0 Å². The number of aryl methyl sites for hydroxylation is 4. The number of benzene rings is 1. The number of amides is 2. The molecule has 0 saturated carbocycles. The highest BCUT2D eigenvalue weighted by atomic mass is 16.2. The Morgan fingerprint density at radius 2 is 1.56 bits per heavy atom. The molecule has 2 amide bonds. The summed E-state index contributed by atoms with van der Waals surface area (Å²) in [5.41, 5.74) is 5.67. The summed E-state index contributed by atoms with van der Waals surface area (Å²) in [7, 11) is 0. The van der Waals surface area contributed by atoms with Crippen LogP contribution in [0, 0.1) is 20.8 Å². The molecule has 0 unspecified atom stereocenters. The van der Waals surface area contributed by atoms with Gasteiger partial charge in [0.1, 0.15) is 0 Å². The lowest BCUT2D eigenvalue weighted by atomic mass is 10.0. The van der Waals surface area contributed by atoms with E-state index in [0.717, 1.165) is 23.4 Å². The fraction of sp³-hybridized carbons (Fsp3) is 0.455. The number of aromatic nitrogens is 1. The predicted octanol–water partition coefficient (Wildman–Crippen LogP) is 2.79. The minimum atomic E-state index is 0.143. The fourth-order valence-electron chi connectivity index (χ4n) is 3.74. The molecule has 0 atom stereocenters. The van der Waals surface area contributed by atoms with Crippen LogP contribution in [0.4, 0.5) is 0 Å². The molecule has 1 aromatic carbocycles. The Balaban J connectivity index is 1.46. The molecule has 1 aliphatic rings. The minimum absolute atomic E-state index is 0.143. The summed E-state index contributed by atoms with van der Waals surface area (Å²) in [5.74, 6) is 0.326. The number of nitrogens with zero attached hydrogens (tertiary/aromatic N) is 2. The lowest BCUT2D eigenvalue weighted by Crippen LogP contribution is -2.51. The summed E-state index contributed by atoms with van der Waals surface area (Å²) in [6.45, 7) is 8.59. The molecule has 1 aliphatic heterocycles. The monoisotopic (exact) mass is 367 g/mol. The van der Waals surface area contributed by atoms with Crippen molar-refractivity contribution in [3.05, 3.63) is 58.4 Å². The molecule has 1 saturated heterocycles. The van der Waals surface area contributed by atoms with Crippen LogP contribution in [0.1, 0.15) is 34.5 Å². The van der Waals surface area contributed by atoms with Crippen LogP contribution >= 0.6 is 0 Å². The van der Waals surface area contributed by atoms with E-state index in [1.165, 1.54) is 11.1 Å². The van der Waals surface area contributed by atoms with Gasteiger partial charge < -0.3 is 14.8 Å². The van der Waals surface area contributed by atoms with E-state index in [9.17, 15) is 9.59 Å². The Morgan fingerprint density at radius 3 is 2.15 bits per heavy atom. The first-order chi connectivity index (χ1) is 12.9. The van der Waals surface area contributed by atoms with E-state index in [0.29, 0.717) is 39.0 Å². The van der Waals surface area contributed by atoms with E-state index in [1.807, 2.05) is 41.8 Å². The zero-order valence-electron chi connectivity index (χ0n) is 16.5. The van der Waals surface area contributed by atoms with Crippen molar-refractivity contribution in [2.75, 3.05) is 26.2 Å². The third-order valence-electron chi connectivity index (χ3n) is 5.45. The standard InChI is InChI=1S/C22H29N3O2/c1-16-6-4-5-7-19(16)8-9-21(26)24-10-12-25(13-11-24)22(27)15-20-14-17(2)23-18(20)3/h4-7,14,23H,8-13,15H2,1-3H3. The first-order valence-electron chi connectivity index (χ1n) is 9.69. The number of rotatable bonds is 5. The Hall–Kier alpha value is -2.56. The Kier molecular flexibility index (Phi) is 5.99. The van der Waals surface area contributed by atoms with Crippen molar-refractivity contribution in [2.45, 2.75) is 40.0 Å². The number of nitrogens with one attached hydrogen (secondary N) is 1. The summed E-state index contributed by atoms with van der Waals surface area (Å²) in [6, 6.07) is 10.2. The zero-order chi connectivity index (χ0) is 19.4.